The zero-order valence-corrected chi connectivity index (χ0v) is 14.5. The van der Waals surface area contributed by atoms with E-state index in [1.165, 1.54) is 11.6 Å². The third-order valence-electron chi connectivity index (χ3n) is 3.75. The van der Waals surface area contributed by atoms with E-state index in [1.807, 2.05) is 45.0 Å². The number of ether oxygens (including phenoxy) is 1. The summed E-state index contributed by atoms with van der Waals surface area (Å²) in [6.07, 6.45) is 3.12. The van der Waals surface area contributed by atoms with Crippen LogP contribution in [0.1, 0.15) is 27.0 Å². The Bertz CT molecular complexity index is 766. The van der Waals surface area contributed by atoms with Gasteiger partial charge in [0.05, 0.1) is 12.8 Å². The summed E-state index contributed by atoms with van der Waals surface area (Å²) >= 11 is 6.08. The van der Waals surface area contributed by atoms with Gasteiger partial charge in [-0.1, -0.05) is 23.7 Å². The first-order valence-corrected chi connectivity index (χ1v) is 7.69. The molecule has 0 saturated carbocycles. The largest absolute Gasteiger partial charge is 0.495 e. The number of hydrogen-bond donors (Lipinski definition) is 1. The maximum Gasteiger partial charge on any atom is 0.187 e. The van der Waals surface area contributed by atoms with Crippen molar-refractivity contribution in [1.82, 2.24) is 0 Å². The summed E-state index contributed by atoms with van der Waals surface area (Å²) in [5, 5.41) is 3.72. The second-order valence-corrected chi connectivity index (χ2v) is 5.85. The fourth-order valence-electron chi connectivity index (χ4n) is 2.14. The molecule has 0 aromatic heterocycles. The lowest BCUT2D eigenvalue weighted by atomic mass is 10.0. The van der Waals surface area contributed by atoms with Gasteiger partial charge in [-0.25, -0.2) is 0 Å². The van der Waals surface area contributed by atoms with Gasteiger partial charge in [-0.2, -0.15) is 0 Å². The number of allylic oxidation sites excluding steroid dienone is 1. The van der Waals surface area contributed by atoms with E-state index in [9.17, 15) is 4.79 Å². The first kappa shape index (κ1) is 17.1. The monoisotopic (exact) mass is 329 g/mol. The van der Waals surface area contributed by atoms with Crippen LogP contribution in [0.5, 0.6) is 5.75 Å². The highest BCUT2D eigenvalue weighted by atomic mass is 35.5. The molecule has 120 valence electrons. The van der Waals surface area contributed by atoms with Crippen molar-refractivity contribution in [3.05, 3.63) is 69.9 Å². The van der Waals surface area contributed by atoms with E-state index in [1.54, 1.807) is 19.4 Å². The van der Waals surface area contributed by atoms with Crippen LogP contribution in [0.15, 0.2) is 42.6 Å². The molecule has 0 radical (unpaired) electrons. The number of carbonyl (C=O) groups is 1. The van der Waals surface area contributed by atoms with Crippen molar-refractivity contribution in [2.75, 3.05) is 12.4 Å². The zero-order chi connectivity index (χ0) is 17.0. The van der Waals surface area contributed by atoms with E-state index < -0.39 is 0 Å². The predicted molar refractivity (Wildman–Crippen MR) is 95.8 cm³/mol. The van der Waals surface area contributed by atoms with Crippen LogP contribution in [-0.4, -0.2) is 12.9 Å². The van der Waals surface area contributed by atoms with Crippen LogP contribution in [0.2, 0.25) is 5.02 Å². The number of rotatable bonds is 5. The smallest absolute Gasteiger partial charge is 0.187 e. The molecule has 0 bridgehead atoms. The number of carbonyl (C=O) groups excluding carboxylic acids is 1. The normalized spacial score (nSPS) is 10.8. The molecule has 0 fully saturated rings. The Morgan fingerprint density at radius 1 is 1.09 bits per heavy atom. The number of nitrogens with one attached hydrogen (secondary N) is 1. The molecule has 0 amide bonds. The molecule has 0 saturated heterocycles. The lowest BCUT2D eigenvalue weighted by Gasteiger charge is -2.10. The quantitative estimate of drug-likeness (QED) is 0.614. The SMILES string of the molecule is COc1cc(Cl)c(C)cc1N/C=C/C(=O)c1ccc(C)c(C)c1. The molecule has 0 aliphatic carbocycles. The lowest BCUT2D eigenvalue weighted by molar-refractivity contribution is 0.104. The molecular formula is C19H20ClNO2. The molecule has 3 nitrogen and oxygen atoms in total. The van der Waals surface area contributed by atoms with Crippen LogP contribution in [0.3, 0.4) is 0 Å². The van der Waals surface area contributed by atoms with Crippen LogP contribution in [0.4, 0.5) is 5.69 Å². The van der Waals surface area contributed by atoms with Crippen molar-refractivity contribution in [2.45, 2.75) is 20.8 Å². The molecule has 0 unspecified atom stereocenters. The second-order valence-electron chi connectivity index (χ2n) is 5.44. The molecule has 0 spiro atoms. The topological polar surface area (TPSA) is 38.3 Å². The summed E-state index contributed by atoms with van der Waals surface area (Å²) in [6.45, 7) is 5.93. The molecule has 2 aromatic carbocycles. The van der Waals surface area contributed by atoms with Crippen LogP contribution < -0.4 is 10.1 Å². The van der Waals surface area contributed by atoms with Crippen molar-refractivity contribution in [1.29, 1.82) is 0 Å². The van der Waals surface area contributed by atoms with Gasteiger partial charge in [-0.15, -0.1) is 0 Å². The van der Waals surface area contributed by atoms with Gasteiger partial charge in [0.1, 0.15) is 5.75 Å². The molecule has 0 aliphatic rings. The first-order chi connectivity index (χ1) is 10.9. The van der Waals surface area contributed by atoms with Crippen LogP contribution in [-0.2, 0) is 0 Å². The molecule has 0 aliphatic heterocycles. The molecule has 2 aromatic rings. The second kappa shape index (κ2) is 7.34. The van der Waals surface area contributed by atoms with E-state index in [2.05, 4.69) is 5.32 Å². The molecule has 0 atom stereocenters. The van der Waals surface area contributed by atoms with Crippen LogP contribution in [0.25, 0.3) is 0 Å². The predicted octanol–water partition coefficient (Wildman–Crippen LogP) is 5.08. The number of hydrogen-bond acceptors (Lipinski definition) is 3. The van der Waals surface area contributed by atoms with Gasteiger partial charge in [0.2, 0.25) is 0 Å². The fourth-order valence-corrected chi connectivity index (χ4v) is 2.30. The Labute approximate surface area is 141 Å². The van der Waals surface area contributed by atoms with E-state index in [0.717, 1.165) is 16.8 Å². The van der Waals surface area contributed by atoms with Crippen molar-refractivity contribution in [3.8, 4) is 5.75 Å². The maximum absolute atomic E-state index is 12.2. The maximum atomic E-state index is 12.2. The van der Waals surface area contributed by atoms with E-state index >= 15 is 0 Å². The van der Waals surface area contributed by atoms with Crippen LogP contribution >= 0.6 is 11.6 Å². The Hall–Kier alpha value is -2.26. The standard InChI is InChI=1S/C19H20ClNO2/c1-12-5-6-15(9-13(12)2)18(22)7-8-21-17-10-14(3)16(20)11-19(17)23-4/h5-11,21H,1-4H3/b8-7+. The summed E-state index contributed by atoms with van der Waals surface area (Å²) in [4.78, 5) is 12.2. The Kier molecular flexibility index (Phi) is 5.45. The molecular weight excluding hydrogens is 310 g/mol. The Balaban J connectivity index is 2.13. The molecule has 2 rings (SSSR count). The first-order valence-electron chi connectivity index (χ1n) is 7.31. The van der Waals surface area contributed by atoms with Gasteiger partial charge < -0.3 is 10.1 Å². The number of ketones is 1. The van der Waals surface area contributed by atoms with Crippen molar-refractivity contribution in [2.24, 2.45) is 0 Å². The van der Waals surface area contributed by atoms with Gasteiger partial charge >= 0.3 is 0 Å². The average Bonchev–Trinajstić information content (AvgIpc) is 2.53. The van der Waals surface area contributed by atoms with E-state index in [0.29, 0.717) is 16.3 Å². The third-order valence-corrected chi connectivity index (χ3v) is 4.15. The minimum atomic E-state index is -0.0507. The van der Waals surface area contributed by atoms with Gasteiger partial charge in [-0.3, -0.25) is 4.79 Å². The van der Waals surface area contributed by atoms with Gasteiger partial charge in [0.15, 0.2) is 5.78 Å². The molecule has 23 heavy (non-hydrogen) atoms. The minimum absolute atomic E-state index is 0.0507. The van der Waals surface area contributed by atoms with Crippen molar-refractivity contribution in [3.63, 3.8) is 0 Å². The summed E-state index contributed by atoms with van der Waals surface area (Å²) < 4.78 is 5.29. The molecule has 1 N–H and O–H groups in total. The number of halogens is 1. The highest BCUT2D eigenvalue weighted by Gasteiger charge is 2.06. The lowest BCUT2D eigenvalue weighted by Crippen LogP contribution is -1.99. The minimum Gasteiger partial charge on any atom is -0.495 e. The van der Waals surface area contributed by atoms with E-state index in [4.69, 9.17) is 16.3 Å². The third kappa shape index (κ3) is 4.14. The highest BCUT2D eigenvalue weighted by Crippen LogP contribution is 2.30. The average molecular weight is 330 g/mol. The molecule has 4 heteroatoms. The number of benzene rings is 2. The number of anilines is 1. The number of aryl methyl sites for hydroxylation is 3. The summed E-state index contributed by atoms with van der Waals surface area (Å²) in [5.41, 5.74) is 4.64. The van der Waals surface area contributed by atoms with Gasteiger partial charge in [0.25, 0.3) is 0 Å². The zero-order valence-electron chi connectivity index (χ0n) is 13.7. The number of methoxy groups -OCH3 is 1. The Morgan fingerprint density at radius 3 is 2.48 bits per heavy atom. The Morgan fingerprint density at radius 2 is 1.83 bits per heavy atom. The molecule has 0 heterocycles. The highest BCUT2D eigenvalue weighted by molar-refractivity contribution is 6.31. The fraction of sp³-hybridized carbons (Fsp3) is 0.211. The summed E-state index contributed by atoms with van der Waals surface area (Å²) in [6, 6.07) is 9.32. The van der Waals surface area contributed by atoms with Crippen molar-refractivity contribution >= 4 is 23.1 Å². The summed E-state index contributed by atoms with van der Waals surface area (Å²) in [5.74, 6) is 0.578. The van der Waals surface area contributed by atoms with Crippen LogP contribution in [0, 0.1) is 20.8 Å². The van der Waals surface area contributed by atoms with E-state index in [-0.39, 0.29) is 5.78 Å². The van der Waals surface area contributed by atoms with Gasteiger partial charge in [0, 0.05) is 28.9 Å². The van der Waals surface area contributed by atoms with Gasteiger partial charge in [-0.05, 0) is 49.6 Å². The summed E-state index contributed by atoms with van der Waals surface area (Å²) in [7, 11) is 1.58. The van der Waals surface area contributed by atoms with Crippen molar-refractivity contribution < 1.29 is 9.53 Å².